The first-order chi connectivity index (χ1) is 41.0. The average Bonchev–Trinajstić information content (AvgIpc) is 1.13. The summed E-state index contributed by atoms with van der Waals surface area (Å²) < 4.78 is 73.4. The van der Waals surface area contributed by atoms with Crippen LogP contribution in [-0.2, 0) is 54.7 Å². The van der Waals surface area contributed by atoms with E-state index in [1.165, 1.54) is 48.6 Å². The number of anilines is 8. The molecule has 480 valence electrons. The molecule has 0 amide bonds. The van der Waals surface area contributed by atoms with Gasteiger partial charge in [-0.2, -0.15) is 46.7 Å². The molecule has 0 unspecified atom stereocenters. The summed E-state index contributed by atoms with van der Waals surface area (Å²) in [6.45, 7) is 39.3. The third kappa shape index (κ3) is 22.2. The molecule has 0 radical (unpaired) electrons. The molecular formula is C64H92N14Na2O8S2. The Labute approximate surface area is 578 Å². The van der Waals surface area contributed by atoms with E-state index in [0.717, 1.165) is 59.6 Å². The van der Waals surface area contributed by atoms with Gasteiger partial charge in [0.1, 0.15) is 9.79 Å². The van der Waals surface area contributed by atoms with Gasteiger partial charge in [-0.15, -0.1) is 11.5 Å². The molecule has 90 heavy (non-hydrogen) atoms. The Kier molecular flexibility index (Phi) is 27.9. The zero-order valence-corrected chi connectivity index (χ0v) is 61.8. The SMILES string of the molecule is CCN(CC)CCNc1nc(NCCc2cc(C(C)(C)C)c([O-])c(C(C)(C)C)c2)nc(Nc2ccc(/C=C/c3ccc(Nc4nc(NCCc5cc(C(C)(C)C)c([O-])c(C(C)(C)C)c5)nc(NCCN(CC)CC)n4)cc3S(=O)(=O)O)c(S(=O)(=O)O)c2)n1.[Na+].[Na+]. The minimum Gasteiger partial charge on any atom is -0.872 e. The first-order valence-corrected chi connectivity index (χ1v) is 33.0. The zero-order chi connectivity index (χ0) is 65.2. The maximum atomic E-state index is 13.6. The topological polar surface area (TPSA) is 311 Å². The van der Waals surface area contributed by atoms with Crippen molar-refractivity contribution in [1.82, 2.24) is 39.7 Å². The van der Waals surface area contributed by atoms with E-state index in [9.17, 15) is 36.2 Å². The predicted molar refractivity (Wildman–Crippen MR) is 351 cm³/mol. The van der Waals surface area contributed by atoms with Crippen molar-refractivity contribution in [3.8, 4) is 11.5 Å². The van der Waals surface area contributed by atoms with Crippen LogP contribution in [0.1, 0.15) is 155 Å². The largest absolute Gasteiger partial charge is 1.00 e. The third-order valence-corrected chi connectivity index (χ3v) is 16.8. The smallest absolute Gasteiger partial charge is 0.872 e. The maximum absolute atomic E-state index is 13.6. The summed E-state index contributed by atoms with van der Waals surface area (Å²) in [5.74, 6) is 1.15. The van der Waals surface area contributed by atoms with E-state index in [1.54, 1.807) is 0 Å². The number of hydrogen-bond donors (Lipinski definition) is 8. The van der Waals surface area contributed by atoms with Gasteiger partial charge in [0, 0.05) is 50.6 Å². The number of nitrogens with one attached hydrogen (secondary N) is 6. The molecule has 0 bridgehead atoms. The van der Waals surface area contributed by atoms with Crippen LogP contribution in [0.4, 0.5) is 47.1 Å². The van der Waals surface area contributed by atoms with Crippen LogP contribution in [0.3, 0.4) is 0 Å². The minimum absolute atomic E-state index is 0. The molecule has 0 atom stereocenters. The predicted octanol–water partition coefficient (Wildman–Crippen LogP) is 4.37. The van der Waals surface area contributed by atoms with Crippen molar-refractivity contribution in [2.45, 2.75) is 155 Å². The monoisotopic (exact) mass is 1290 g/mol. The maximum Gasteiger partial charge on any atom is 1.00 e. The summed E-state index contributed by atoms with van der Waals surface area (Å²) in [4.78, 5) is 31.1. The van der Waals surface area contributed by atoms with Gasteiger partial charge in [0.2, 0.25) is 35.7 Å². The molecule has 0 fully saturated rings. The number of likely N-dealkylation sites (N-methyl/N-ethyl adjacent to an activating group) is 2. The number of benzene rings is 4. The molecule has 6 rings (SSSR count). The molecule has 0 aliphatic heterocycles. The first-order valence-electron chi connectivity index (χ1n) is 30.1. The van der Waals surface area contributed by atoms with Crippen molar-refractivity contribution in [2.75, 3.05) is 97.3 Å². The van der Waals surface area contributed by atoms with Crippen molar-refractivity contribution in [2.24, 2.45) is 0 Å². The fourth-order valence-corrected chi connectivity index (χ4v) is 11.2. The van der Waals surface area contributed by atoms with E-state index in [2.05, 4.69) is 99.3 Å². The van der Waals surface area contributed by atoms with E-state index in [1.807, 2.05) is 107 Å². The second-order valence-electron chi connectivity index (χ2n) is 26.0. The van der Waals surface area contributed by atoms with Crippen LogP contribution in [0.2, 0.25) is 0 Å². The molecule has 4 aromatic carbocycles. The molecule has 2 heterocycles. The number of aromatic nitrogens is 6. The number of hydrogen-bond acceptors (Lipinski definition) is 20. The minimum atomic E-state index is -4.91. The van der Waals surface area contributed by atoms with Crippen molar-refractivity contribution in [3.05, 3.63) is 105 Å². The second kappa shape index (κ2) is 32.6. The molecule has 0 saturated carbocycles. The van der Waals surface area contributed by atoms with Crippen LogP contribution in [0.5, 0.6) is 11.5 Å². The summed E-state index contributed by atoms with van der Waals surface area (Å²) in [6.07, 6.45) is 3.69. The molecule has 26 heteroatoms. The molecule has 2 aromatic heterocycles. The van der Waals surface area contributed by atoms with Gasteiger partial charge in [0.15, 0.2) is 0 Å². The first kappa shape index (κ1) is 77.2. The molecule has 0 aliphatic rings. The van der Waals surface area contributed by atoms with Gasteiger partial charge in [0.05, 0.1) is 0 Å². The summed E-state index contributed by atoms with van der Waals surface area (Å²) in [6, 6.07) is 16.1. The summed E-state index contributed by atoms with van der Waals surface area (Å²) in [5.41, 5.74) is 3.80. The van der Waals surface area contributed by atoms with E-state index < -0.39 is 30.0 Å². The fourth-order valence-electron chi connectivity index (χ4n) is 9.83. The Hall–Kier alpha value is -5.22. The standard InChI is InChI=1S/C64H94N14O8S2.2Na/c1-17-77(18-2)33-31-67-57-71-55(65-29-27-41-35-47(61(5,6)7)53(79)48(36-41)62(8,9)10)73-59(75-57)69-45-25-23-43(51(39-45)87(81,82)83)21-22-44-24-26-46(40-52(44)88(84,85)86)70-60-74-56(72-58(76-60)68-32-34-78(19-3)20-4)66-30-28-42-37-49(63(11,12)13)54(80)50(38-42)64(14,15)16;;/h21-26,35-40,79-80H,17-20,27-34H2,1-16H3,(H,81,82,83)(H,84,85,86)(H3,65,67,69,71,73,75)(H3,66,68,70,72,74,76);;/q;2*+1/p-2/b22-21+;;. The van der Waals surface area contributed by atoms with Gasteiger partial charge in [-0.1, -0.05) is 159 Å². The molecule has 0 aliphatic carbocycles. The molecule has 0 saturated heterocycles. The van der Waals surface area contributed by atoms with Crippen LogP contribution in [-0.4, -0.2) is 131 Å². The summed E-state index contributed by atoms with van der Waals surface area (Å²) in [7, 11) is -9.82. The summed E-state index contributed by atoms with van der Waals surface area (Å²) in [5, 5.41) is 46.4. The van der Waals surface area contributed by atoms with Gasteiger partial charge in [0.25, 0.3) is 20.2 Å². The second-order valence-corrected chi connectivity index (χ2v) is 28.7. The van der Waals surface area contributed by atoms with Crippen molar-refractivity contribution in [3.63, 3.8) is 0 Å². The van der Waals surface area contributed by atoms with Gasteiger partial charge in [-0.25, -0.2) is 0 Å². The van der Waals surface area contributed by atoms with E-state index in [-0.39, 0.29) is 150 Å². The van der Waals surface area contributed by atoms with Gasteiger partial charge >= 0.3 is 59.1 Å². The van der Waals surface area contributed by atoms with E-state index >= 15 is 0 Å². The van der Waals surface area contributed by atoms with Crippen LogP contribution in [0.25, 0.3) is 12.2 Å². The van der Waals surface area contributed by atoms with Crippen LogP contribution in [0.15, 0.2) is 70.5 Å². The Morgan fingerprint density at radius 2 is 0.700 bits per heavy atom. The Morgan fingerprint density at radius 3 is 0.956 bits per heavy atom. The molecule has 22 nitrogen and oxygen atoms in total. The summed E-state index contributed by atoms with van der Waals surface area (Å²) >= 11 is 0. The molecule has 6 aromatic rings. The Morgan fingerprint density at radius 1 is 0.433 bits per heavy atom. The van der Waals surface area contributed by atoms with Crippen molar-refractivity contribution in [1.29, 1.82) is 0 Å². The molecule has 8 N–H and O–H groups in total. The number of nitrogens with zero attached hydrogens (tertiary/aromatic N) is 8. The average molecular weight is 1300 g/mol. The van der Waals surface area contributed by atoms with Gasteiger partial charge in [-0.05, 0) is 129 Å². The van der Waals surface area contributed by atoms with E-state index in [4.69, 9.17) is 0 Å². The third-order valence-electron chi connectivity index (χ3n) is 14.9. The Balaban J connectivity index is 0.00000865. The van der Waals surface area contributed by atoms with Crippen LogP contribution < -0.4 is 101 Å². The van der Waals surface area contributed by atoms with Crippen LogP contribution in [0, 0.1) is 0 Å². The van der Waals surface area contributed by atoms with Crippen LogP contribution >= 0.6 is 0 Å². The van der Waals surface area contributed by atoms with Crippen molar-refractivity contribution < 1.29 is 95.3 Å². The van der Waals surface area contributed by atoms with Gasteiger partial charge < -0.3 is 51.9 Å². The van der Waals surface area contributed by atoms with Gasteiger partial charge in [-0.3, -0.25) is 9.11 Å². The van der Waals surface area contributed by atoms with E-state index in [0.29, 0.717) is 52.1 Å². The molecular weight excluding hydrogens is 1200 g/mol. The fraction of sp³-hybridized carbons (Fsp3) is 0.500. The quantitative estimate of drug-likeness (QED) is 0.0192. The Bertz CT molecular complexity index is 3350. The molecule has 0 spiro atoms. The van der Waals surface area contributed by atoms with Crippen molar-refractivity contribution >= 4 is 79.5 Å². The normalized spacial score (nSPS) is 12.4. The zero-order valence-electron chi connectivity index (χ0n) is 56.2. The number of rotatable bonds is 28.